The lowest BCUT2D eigenvalue weighted by atomic mass is 10.3. The summed E-state index contributed by atoms with van der Waals surface area (Å²) >= 11 is 0. The van der Waals surface area contributed by atoms with Crippen molar-refractivity contribution in [1.82, 2.24) is 9.80 Å². The van der Waals surface area contributed by atoms with Gasteiger partial charge in [-0.3, -0.25) is 4.90 Å². The summed E-state index contributed by atoms with van der Waals surface area (Å²) in [6, 6.07) is 0. The molecular formula is C12H28N2O. The molecule has 1 aliphatic heterocycles. The molecule has 3 nitrogen and oxygen atoms in total. The third-order valence-electron chi connectivity index (χ3n) is 2.67. The summed E-state index contributed by atoms with van der Waals surface area (Å²) in [5, 5.41) is 0. The van der Waals surface area contributed by atoms with Gasteiger partial charge in [-0.25, -0.2) is 0 Å². The molecule has 0 spiro atoms. The van der Waals surface area contributed by atoms with Crippen molar-refractivity contribution >= 4 is 0 Å². The van der Waals surface area contributed by atoms with Crippen LogP contribution in [0.15, 0.2) is 0 Å². The number of hydrogen-bond donors (Lipinski definition) is 0. The van der Waals surface area contributed by atoms with Gasteiger partial charge in [-0.15, -0.1) is 0 Å². The van der Waals surface area contributed by atoms with E-state index < -0.39 is 0 Å². The Hall–Kier alpha value is -0.120. The second-order valence-electron chi connectivity index (χ2n) is 3.47. The zero-order valence-electron chi connectivity index (χ0n) is 11.0. The molecule has 0 atom stereocenters. The minimum absolute atomic E-state index is 0.842. The standard InChI is InChI=1S/C10H22N2O.C2H6/c1-3-11-5-7-12(8-6-11)9-10-13-4-2;1-2/h3-10H2,1-2H3;1-2H3. The second-order valence-corrected chi connectivity index (χ2v) is 3.47. The van der Waals surface area contributed by atoms with Gasteiger partial charge in [0.05, 0.1) is 6.61 Å². The first-order valence-corrected chi connectivity index (χ1v) is 6.39. The maximum Gasteiger partial charge on any atom is 0.0593 e. The van der Waals surface area contributed by atoms with Crippen molar-refractivity contribution in [2.75, 3.05) is 52.5 Å². The van der Waals surface area contributed by atoms with Crippen molar-refractivity contribution in [3.63, 3.8) is 0 Å². The number of hydrogen-bond acceptors (Lipinski definition) is 3. The van der Waals surface area contributed by atoms with Crippen LogP contribution in [0.25, 0.3) is 0 Å². The van der Waals surface area contributed by atoms with E-state index in [1.807, 2.05) is 13.8 Å². The molecule has 92 valence electrons. The molecule has 0 bridgehead atoms. The van der Waals surface area contributed by atoms with E-state index in [1.165, 1.54) is 32.7 Å². The lowest BCUT2D eigenvalue weighted by Gasteiger charge is -2.33. The molecule has 0 aromatic rings. The van der Waals surface area contributed by atoms with Crippen LogP contribution in [0.4, 0.5) is 0 Å². The highest BCUT2D eigenvalue weighted by Crippen LogP contribution is 2.00. The zero-order valence-corrected chi connectivity index (χ0v) is 11.0. The lowest BCUT2D eigenvalue weighted by molar-refractivity contribution is 0.0826. The summed E-state index contributed by atoms with van der Waals surface area (Å²) in [5.41, 5.74) is 0. The first-order valence-electron chi connectivity index (χ1n) is 6.39. The average Bonchev–Trinajstić information content (AvgIpc) is 2.33. The Balaban J connectivity index is 0.000000921. The van der Waals surface area contributed by atoms with Crippen LogP contribution in [0.5, 0.6) is 0 Å². The van der Waals surface area contributed by atoms with Crippen molar-refractivity contribution < 1.29 is 4.74 Å². The number of piperazine rings is 1. The van der Waals surface area contributed by atoms with E-state index in [2.05, 4.69) is 23.6 Å². The average molecular weight is 216 g/mol. The Morgan fingerprint density at radius 1 is 0.933 bits per heavy atom. The van der Waals surface area contributed by atoms with Crippen molar-refractivity contribution in [3.05, 3.63) is 0 Å². The molecule has 1 aliphatic rings. The van der Waals surface area contributed by atoms with Crippen LogP contribution in [0.3, 0.4) is 0 Å². The fourth-order valence-electron chi connectivity index (χ4n) is 1.67. The van der Waals surface area contributed by atoms with Gasteiger partial charge >= 0.3 is 0 Å². The fourth-order valence-corrected chi connectivity index (χ4v) is 1.67. The molecule has 15 heavy (non-hydrogen) atoms. The van der Waals surface area contributed by atoms with Gasteiger partial charge in [-0.05, 0) is 13.5 Å². The predicted octanol–water partition coefficient (Wildman–Crippen LogP) is 1.69. The zero-order chi connectivity index (χ0) is 11.5. The molecule has 0 radical (unpaired) electrons. The van der Waals surface area contributed by atoms with E-state index in [1.54, 1.807) is 0 Å². The third-order valence-corrected chi connectivity index (χ3v) is 2.67. The Morgan fingerprint density at radius 2 is 1.47 bits per heavy atom. The Kier molecular flexibility index (Phi) is 10.3. The van der Waals surface area contributed by atoms with Crippen LogP contribution in [0, 0.1) is 0 Å². The highest BCUT2D eigenvalue weighted by Gasteiger charge is 2.14. The van der Waals surface area contributed by atoms with E-state index in [-0.39, 0.29) is 0 Å². The van der Waals surface area contributed by atoms with Gasteiger partial charge in [0.15, 0.2) is 0 Å². The van der Waals surface area contributed by atoms with E-state index in [9.17, 15) is 0 Å². The quantitative estimate of drug-likeness (QED) is 0.650. The van der Waals surface area contributed by atoms with Crippen LogP contribution in [0.2, 0.25) is 0 Å². The highest BCUT2D eigenvalue weighted by molar-refractivity contribution is 4.70. The normalized spacial score (nSPS) is 18.4. The van der Waals surface area contributed by atoms with Crippen molar-refractivity contribution in [2.24, 2.45) is 0 Å². The van der Waals surface area contributed by atoms with Crippen LogP contribution in [0.1, 0.15) is 27.7 Å². The van der Waals surface area contributed by atoms with Gasteiger partial charge < -0.3 is 9.64 Å². The first kappa shape index (κ1) is 14.9. The first-order chi connectivity index (χ1) is 7.36. The van der Waals surface area contributed by atoms with Crippen molar-refractivity contribution in [2.45, 2.75) is 27.7 Å². The topological polar surface area (TPSA) is 15.7 Å². The number of ether oxygens (including phenoxy) is 1. The summed E-state index contributed by atoms with van der Waals surface area (Å²) in [6.45, 7) is 17.2. The molecule has 0 amide bonds. The molecule has 0 unspecified atom stereocenters. The number of rotatable bonds is 5. The minimum atomic E-state index is 0.842. The van der Waals surface area contributed by atoms with Crippen LogP contribution < -0.4 is 0 Å². The van der Waals surface area contributed by atoms with E-state index >= 15 is 0 Å². The second kappa shape index (κ2) is 10.4. The molecule has 3 heteroatoms. The summed E-state index contributed by atoms with van der Waals surface area (Å²) in [6.07, 6.45) is 0. The van der Waals surface area contributed by atoms with Gasteiger partial charge in [-0.1, -0.05) is 20.8 Å². The monoisotopic (exact) mass is 216 g/mol. The Labute approximate surface area is 95.4 Å². The molecule has 0 saturated carbocycles. The molecule has 0 N–H and O–H groups in total. The highest BCUT2D eigenvalue weighted by atomic mass is 16.5. The van der Waals surface area contributed by atoms with Gasteiger partial charge in [0, 0.05) is 39.3 Å². The maximum absolute atomic E-state index is 5.33. The molecule has 1 saturated heterocycles. The van der Waals surface area contributed by atoms with Crippen LogP contribution in [-0.2, 0) is 4.74 Å². The fraction of sp³-hybridized carbons (Fsp3) is 1.00. The van der Waals surface area contributed by atoms with E-state index in [4.69, 9.17) is 4.74 Å². The molecule has 1 fully saturated rings. The smallest absolute Gasteiger partial charge is 0.0593 e. The summed E-state index contributed by atoms with van der Waals surface area (Å²) < 4.78 is 5.33. The predicted molar refractivity (Wildman–Crippen MR) is 66.4 cm³/mol. The summed E-state index contributed by atoms with van der Waals surface area (Å²) in [7, 11) is 0. The van der Waals surface area contributed by atoms with Crippen LogP contribution in [-0.4, -0.2) is 62.3 Å². The lowest BCUT2D eigenvalue weighted by Crippen LogP contribution is -2.47. The Morgan fingerprint density at radius 3 is 1.93 bits per heavy atom. The van der Waals surface area contributed by atoms with Gasteiger partial charge in [0.1, 0.15) is 0 Å². The van der Waals surface area contributed by atoms with Gasteiger partial charge in [-0.2, -0.15) is 0 Å². The van der Waals surface area contributed by atoms with E-state index in [0.29, 0.717) is 0 Å². The molecule has 0 aromatic carbocycles. The van der Waals surface area contributed by atoms with Crippen molar-refractivity contribution in [3.8, 4) is 0 Å². The molecule has 1 heterocycles. The SMILES string of the molecule is CC.CCOCCN1CCN(CC)CC1. The molecule has 0 aliphatic carbocycles. The molecule has 1 rings (SSSR count). The summed E-state index contributed by atoms with van der Waals surface area (Å²) in [5.74, 6) is 0. The molecule has 0 aromatic heterocycles. The number of nitrogens with zero attached hydrogens (tertiary/aromatic N) is 2. The van der Waals surface area contributed by atoms with Gasteiger partial charge in [0.2, 0.25) is 0 Å². The van der Waals surface area contributed by atoms with Crippen LogP contribution >= 0.6 is 0 Å². The number of likely N-dealkylation sites (N-methyl/N-ethyl adjacent to an activating group) is 1. The Bertz CT molecular complexity index is 120. The molecular weight excluding hydrogens is 188 g/mol. The summed E-state index contributed by atoms with van der Waals surface area (Å²) in [4.78, 5) is 4.99. The largest absolute Gasteiger partial charge is 0.380 e. The minimum Gasteiger partial charge on any atom is -0.380 e. The van der Waals surface area contributed by atoms with Crippen molar-refractivity contribution in [1.29, 1.82) is 0 Å². The third kappa shape index (κ3) is 6.88. The van der Waals surface area contributed by atoms with E-state index in [0.717, 1.165) is 19.8 Å². The maximum atomic E-state index is 5.33. The van der Waals surface area contributed by atoms with Gasteiger partial charge in [0.25, 0.3) is 0 Å².